The topological polar surface area (TPSA) is 29.1 Å². The molecule has 0 atom stereocenters. The molecule has 0 aliphatic rings. The highest BCUT2D eigenvalue weighted by Gasteiger charge is 2.31. The van der Waals surface area contributed by atoms with Gasteiger partial charge in [0.1, 0.15) is 5.82 Å². The molecule has 0 aromatic heterocycles. The second-order valence-electron chi connectivity index (χ2n) is 3.58. The Morgan fingerprint density at radius 2 is 1.94 bits per heavy atom. The molecule has 1 aromatic carbocycles. The molecule has 0 spiro atoms. The Balaban J connectivity index is 2.79. The minimum atomic E-state index is -4.56. The molecule has 0 unspecified atom stereocenters. The largest absolute Gasteiger partial charge is 0.416 e. The van der Waals surface area contributed by atoms with Gasteiger partial charge in [-0.2, -0.15) is 13.2 Å². The molecule has 6 heteroatoms. The highest BCUT2D eigenvalue weighted by molar-refractivity contribution is 5.72. The van der Waals surface area contributed by atoms with Crippen molar-refractivity contribution in [3.05, 3.63) is 35.1 Å². The highest BCUT2D eigenvalue weighted by atomic mass is 19.4. The third kappa shape index (κ3) is 4.42. The van der Waals surface area contributed by atoms with E-state index in [9.17, 15) is 22.4 Å². The van der Waals surface area contributed by atoms with Crippen LogP contribution in [-0.4, -0.2) is 12.5 Å². The summed E-state index contributed by atoms with van der Waals surface area (Å²) in [5.41, 5.74) is -0.818. The third-order valence-corrected chi connectivity index (χ3v) is 2.07. The van der Waals surface area contributed by atoms with Crippen LogP contribution in [-0.2, 0) is 17.4 Å². The number of rotatable bonds is 3. The molecule has 0 saturated heterocycles. The first-order valence-corrected chi connectivity index (χ1v) is 4.90. The number of benzene rings is 1. The molecule has 1 N–H and O–H groups in total. The molecule has 1 rings (SSSR count). The van der Waals surface area contributed by atoms with E-state index in [2.05, 4.69) is 5.32 Å². The quantitative estimate of drug-likeness (QED) is 0.819. The standard InChI is InChI=1S/C11H11F4NO/c1-7(17)16-3-2-8-4-9(11(13,14)15)6-10(12)5-8/h4-6H,2-3H2,1H3,(H,16,17). The predicted octanol–water partition coefficient (Wildman–Crippen LogP) is 2.52. The number of amides is 1. The molecule has 94 valence electrons. The van der Waals surface area contributed by atoms with Gasteiger partial charge >= 0.3 is 6.18 Å². The predicted molar refractivity (Wildman–Crippen MR) is 53.8 cm³/mol. The molecule has 0 heterocycles. The van der Waals surface area contributed by atoms with Crippen LogP contribution in [0.25, 0.3) is 0 Å². The maximum absolute atomic E-state index is 13.0. The van der Waals surface area contributed by atoms with E-state index in [1.165, 1.54) is 6.92 Å². The van der Waals surface area contributed by atoms with Crippen LogP contribution >= 0.6 is 0 Å². The molecule has 1 aromatic rings. The van der Waals surface area contributed by atoms with Crippen LogP contribution in [0, 0.1) is 5.82 Å². The lowest BCUT2D eigenvalue weighted by Crippen LogP contribution is -2.22. The van der Waals surface area contributed by atoms with Crippen LogP contribution in [0.2, 0.25) is 0 Å². The summed E-state index contributed by atoms with van der Waals surface area (Å²) in [5, 5.41) is 2.43. The summed E-state index contributed by atoms with van der Waals surface area (Å²) in [6, 6.07) is 2.35. The van der Waals surface area contributed by atoms with Crippen LogP contribution < -0.4 is 5.32 Å². The summed E-state index contributed by atoms with van der Waals surface area (Å²) >= 11 is 0. The normalized spacial score (nSPS) is 11.4. The molecule has 0 radical (unpaired) electrons. The Bertz CT molecular complexity index is 414. The molecule has 0 aliphatic heterocycles. The first-order chi connectivity index (χ1) is 7.79. The van der Waals surface area contributed by atoms with E-state index in [1.807, 2.05) is 0 Å². The van der Waals surface area contributed by atoms with Crippen molar-refractivity contribution in [1.29, 1.82) is 0 Å². The van der Waals surface area contributed by atoms with Crippen molar-refractivity contribution >= 4 is 5.91 Å². The van der Waals surface area contributed by atoms with Gasteiger partial charge in [-0.1, -0.05) is 0 Å². The van der Waals surface area contributed by atoms with E-state index in [1.54, 1.807) is 0 Å². The van der Waals surface area contributed by atoms with E-state index >= 15 is 0 Å². The zero-order valence-corrected chi connectivity index (χ0v) is 9.07. The molecule has 0 aliphatic carbocycles. The average molecular weight is 249 g/mol. The van der Waals surface area contributed by atoms with Gasteiger partial charge in [0.25, 0.3) is 0 Å². The fraction of sp³-hybridized carbons (Fsp3) is 0.364. The molecule has 17 heavy (non-hydrogen) atoms. The van der Waals surface area contributed by atoms with Gasteiger partial charge in [-0.05, 0) is 30.2 Å². The van der Waals surface area contributed by atoms with E-state index in [0.717, 1.165) is 12.1 Å². The van der Waals surface area contributed by atoms with Crippen molar-refractivity contribution in [2.75, 3.05) is 6.54 Å². The third-order valence-electron chi connectivity index (χ3n) is 2.07. The van der Waals surface area contributed by atoms with Gasteiger partial charge in [0.15, 0.2) is 0 Å². The maximum Gasteiger partial charge on any atom is 0.416 e. The SMILES string of the molecule is CC(=O)NCCc1cc(F)cc(C(F)(F)F)c1. The summed E-state index contributed by atoms with van der Waals surface area (Å²) in [5.74, 6) is -1.21. The van der Waals surface area contributed by atoms with Crippen LogP contribution in [0.15, 0.2) is 18.2 Å². The van der Waals surface area contributed by atoms with Crippen molar-refractivity contribution in [2.24, 2.45) is 0 Å². The Morgan fingerprint density at radius 3 is 2.47 bits per heavy atom. The molecule has 0 fully saturated rings. The minimum absolute atomic E-state index is 0.153. The number of carbonyl (C=O) groups excluding carboxylic acids is 1. The fourth-order valence-corrected chi connectivity index (χ4v) is 1.34. The smallest absolute Gasteiger partial charge is 0.356 e. The van der Waals surface area contributed by atoms with Gasteiger partial charge in [-0.15, -0.1) is 0 Å². The Morgan fingerprint density at radius 1 is 1.29 bits per heavy atom. The van der Waals surface area contributed by atoms with Gasteiger partial charge in [0.05, 0.1) is 5.56 Å². The number of hydrogen-bond donors (Lipinski definition) is 1. The Hall–Kier alpha value is -1.59. The fourth-order valence-electron chi connectivity index (χ4n) is 1.34. The maximum atomic E-state index is 13.0. The van der Waals surface area contributed by atoms with Gasteiger partial charge in [-0.3, -0.25) is 4.79 Å². The van der Waals surface area contributed by atoms with E-state index in [-0.39, 0.29) is 24.4 Å². The van der Waals surface area contributed by atoms with Crippen molar-refractivity contribution in [3.8, 4) is 0 Å². The Labute approximate surface area is 95.6 Å². The number of nitrogens with one attached hydrogen (secondary N) is 1. The van der Waals surface area contributed by atoms with Gasteiger partial charge in [0.2, 0.25) is 5.91 Å². The average Bonchev–Trinajstić information content (AvgIpc) is 2.14. The van der Waals surface area contributed by atoms with Crippen LogP contribution in [0.5, 0.6) is 0 Å². The summed E-state index contributed by atoms with van der Waals surface area (Å²) in [7, 11) is 0. The van der Waals surface area contributed by atoms with Crippen molar-refractivity contribution in [2.45, 2.75) is 19.5 Å². The lowest BCUT2D eigenvalue weighted by atomic mass is 10.1. The van der Waals surface area contributed by atoms with Crippen LogP contribution in [0.3, 0.4) is 0 Å². The monoisotopic (exact) mass is 249 g/mol. The van der Waals surface area contributed by atoms with Gasteiger partial charge < -0.3 is 5.32 Å². The summed E-state index contributed by atoms with van der Waals surface area (Å²) in [6.45, 7) is 1.48. The van der Waals surface area contributed by atoms with E-state index in [0.29, 0.717) is 6.07 Å². The summed E-state index contributed by atoms with van der Waals surface area (Å²) in [4.78, 5) is 10.6. The second-order valence-corrected chi connectivity index (χ2v) is 3.58. The van der Waals surface area contributed by atoms with Crippen molar-refractivity contribution < 1.29 is 22.4 Å². The highest BCUT2D eigenvalue weighted by Crippen LogP contribution is 2.30. The number of carbonyl (C=O) groups is 1. The second kappa shape index (κ2) is 5.16. The zero-order chi connectivity index (χ0) is 13.1. The van der Waals surface area contributed by atoms with Gasteiger partial charge in [-0.25, -0.2) is 4.39 Å². The van der Waals surface area contributed by atoms with Crippen molar-refractivity contribution in [1.82, 2.24) is 5.32 Å². The lowest BCUT2D eigenvalue weighted by Gasteiger charge is -2.09. The number of hydrogen-bond acceptors (Lipinski definition) is 1. The lowest BCUT2D eigenvalue weighted by molar-refractivity contribution is -0.137. The summed E-state index contributed by atoms with van der Waals surface area (Å²) in [6.07, 6.45) is -4.41. The molecular weight excluding hydrogens is 238 g/mol. The number of alkyl halides is 3. The molecule has 0 saturated carbocycles. The van der Waals surface area contributed by atoms with Crippen LogP contribution in [0.1, 0.15) is 18.1 Å². The summed E-state index contributed by atoms with van der Waals surface area (Å²) < 4.78 is 50.0. The van der Waals surface area contributed by atoms with Crippen molar-refractivity contribution in [3.63, 3.8) is 0 Å². The molecule has 1 amide bonds. The minimum Gasteiger partial charge on any atom is -0.356 e. The van der Waals surface area contributed by atoms with Gasteiger partial charge in [0, 0.05) is 13.5 Å². The zero-order valence-electron chi connectivity index (χ0n) is 9.07. The van der Waals surface area contributed by atoms with Crippen LogP contribution in [0.4, 0.5) is 17.6 Å². The first kappa shape index (κ1) is 13.5. The Kier molecular flexibility index (Phi) is 4.09. The molecule has 2 nitrogen and oxygen atoms in total. The number of halogens is 4. The first-order valence-electron chi connectivity index (χ1n) is 4.90. The molecule has 0 bridgehead atoms. The van der Waals surface area contributed by atoms with E-state index < -0.39 is 17.6 Å². The van der Waals surface area contributed by atoms with E-state index in [4.69, 9.17) is 0 Å². The molecular formula is C11H11F4NO.